The first-order valence-corrected chi connectivity index (χ1v) is 6.65. The van der Waals surface area contributed by atoms with Crippen LogP contribution >= 0.6 is 0 Å². The van der Waals surface area contributed by atoms with E-state index < -0.39 is 11.9 Å². The predicted octanol–water partition coefficient (Wildman–Crippen LogP) is 2.41. The maximum Gasteiger partial charge on any atom is 0.356 e. The van der Waals surface area contributed by atoms with Crippen molar-refractivity contribution < 1.29 is 24.5 Å². The molecule has 0 atom stereocenters. The predicted molar refractivity (Wildman–Crippen MR) is 81.1 cm³/mol. The van der Waals surface area contributed by atoms with Gasteiger partial charge >= 0.3 is 11.9 Å². The fraction of sp³-hybridized carbons (Fsp3) is 0.0625. The van der Waals surface area contributed by atoms with E-state index in [1.165, 1.54) is 29.7 Å². The van der Waals surface area contributed by atoms with E-state index in [4.69, 9.17) is 4.74 Å². The molecule has 23 heavy (non-hydrogen) atoms. The van der Waals surface area contributed by atoms with Crippen LogP contribution in [-0.2, 0) is 0 Å². The summed E-state index contributed by atoms with van der Waals surface area (Å²) in [6, 6.07) is 11.2. The number of hydrogen-bond donors (Lipinski definition) is 2. The van der Waals surface area contributed by atoms with E-state index in [9.17, 15) is 19.8 Å². The Hall–Kier alpha value is -3.35. The van der Waals surface area contributed by atoms with Gasteiger partial charge in [-0.1, -0.05) is 18.2 Å². The van der Waals surface area contributed by atoms with Gasteiger partial charge in [0.1, 0.15) is 17.3 Å². The van der Waals surface area contributed by atoms with Crippen LogP contribution in [0.5, 0.6) is 5.75 Å². The number of ether oxygens (including phenoxy) is 1. The molecule has 0 fully saturated rings. The van der Waals surface area contributed by atoms with Gasteiger partial charge in [-0.25, -0.2) is 14.6 Å². The van der Waals surface area contributed by atoms with Gasteiger partial charge < -0.3 is 14.9 Å². The average Bonchev–Trinajstić information content (AvgIpc) is 2.94. The average molecular weight is 312 g/mol. The summed E-state index contributed by atoms with van der Waals surface area (Å²) in [5.74, 6) is -1.61. The molecule has 3 rings (SSSR count). The Labute approximate surface area is 130 Å². The zero-order valence-corrected chi connectivity index (χ0v) is 12.1. The van der Waals surface area contributed by atoms with Crippen molar-refractivity contribution in [2.45, 2.75) is 0 Å². The molecule has 2 heterocycles. The molecule has 0 saturated carbocycles. The molecule has 2 aromatic heterocycles. The Morgan fingerprint density at radius 2 is 1.83 bits per heavy atom. The second kappa shape index (κ2) is 5.45. The minimum atomic E-state index is -1.22. The molecule has 0 unspecified atom stereocenters. The summed E-state index contributed by atoms with van der Waals surface area (Å²) in [7, 11) is 1.51. The number of nitrogens with zero attached hydrogens (tertiary/aromatic N) is 2. The summed E-state index contributed by atoms with van der Waals surface area (Å²) >= 11 is 0. The number of rotatable bonds is 4. The SMILES string of the molecule is COc1cccc(-c2nc(C(=O)O)c3cccc(C(=O)O)n23)c1. The normalized spacial score (nSPS) is 10.7. The first kappa shape index (κ1) is 14.6. The summed E-state index contributed by atoms with van der Waals surface area (Å²) in [6.45, 7) is 0. The molecule has 0 aliphatic carbocycles. The number of carboxylic acid groups (broad SMARTS) is 2. The molecule has 0 saturated heterocycles. The van der Waals surface area contributed by atoms with Crippen LogP contribution in [0.3, 0.4) is 0 Å². The zero-order chi connectivity index (χ0) is 16.6. The minimum absolute atomic E-state index is 0.0691. The van der Waals surface area contributed by atoms with Gasteiger partial charge in [-0.05, 0) is 24.3 Å². The van der Waals surface area contributed by atoms with Crippen LogP contribution in [0.4, 0.5) is 0 Å². The molecule has 2 N–H and O–H groups in total. The fourth-order valence-electron chi connectivity index (χ4n) is 2.42. The van der Waals surface area contributed by atoms with Gasteiger partial charge in [-0.2, -0.15) is 0 Å². The number of hydrogen-bond acceptors (Lipinski definition) is 4. The number of aromatic nitrogens is 2. The van der Waals surface area contributed by atoms with Gasteiger partial charge in [-0.15, -0.1) is 0 Å². The van der Waals surface area contributed by atoms with Crippen molar-refractivity contribution in [1.29, 1.82) is 0 Å². The van der Waals surface area contributed by atoms with E-state index in [-0.39, 0.29) is 22.7 Å². The number of benzene rings is 1. The Morgan fingerprint density at radius 1 is 1.09 bits per heavy atom. The molecule has 0 aliphatic rings. The van der Waals surface area contributed by atoms with E-state index in [1.807, 2.05) is 0 Å². The summed E-state index contributed by atoms with van der Waals surface area (Å²) in [5, 5.41) is 18.7. The lowest BCUT2D eigenvalue weighted by molar-refractivity contribution is 0.0678. The minimum Gasteiger partial charge on any atom is -0.497 e. The number of carbonyl (C=O) groups is 2. The Balaban J connectivity index is 2.39. The number of imidazole rings is 1. The Bertz CT molecular complexity index is 929. The third-order valence-corrected chi connectivity index (χ3v) is 3.41. The second-order valence-electron chi connectivity index (χ2n) is 4.76. The highest BCUT2D eigenvalue weighted by Gasteiger charge is 2.21. The third-order valence-electron chi connectivity index (χ3n) is 3.41. The molecule has 3 aromatic rings. The number of aromatic carboxylic acids is 2. The standard InChI is InChI=1S/C16H12N2O5/c1-23-10-5-2-4-9(8-10)14-17-13(16(21)22)11-6-3-7-12(15(19)20)18(11)14/h2-8H,1H3,(H,19,20)(H,21,22). The summed E-state index contributed by atoms with van der Waals surface area (Å²) in [5.41, 5.74) is 0.502. The van der Waals surface area contributed by atoms with Crippen LogP contribution in [0.2, 0.25) is 0 Å². The van der Waals surface area contributed by atoms with E-state index in [0.29, 0.717) is 11.3 Å². The van der Waals surface area contributed by atoms with Gasteiger partial charge in [0.15, 0.2) is 5.69 Å². The molecule has 0 aliphatic heterocycles. The Morgan fingerprint density at radius 3 is 2.48 bits per heavy atom. The van der Waals surface area contributed by atoms with Crippen LogP contribution in [0, 0.1) is 0 Å². The first-order valence-electron chi connectivity index (χ1n) is 6.65. The van der Waals surface area contributed by atoms with Crippen molar-refractivity contribution in [3.63, 3.8) is 0 Å². The molecular weight excluding hydrogens is 300 g/mol. The summed E-state index contributed by atoms with van der Waals surface area (Å²) < 4.78 is 6.47. The molecule has 0 amide bonds. The van der Waals surface area contributed by atoms with Crippen LogP contribution in [0.1, 0.15) is 21.0 Å². The second-order valence-corrected chi connectivity index (χ2v) is 4.76. The van der Waals surface area contributed by atoms with Crippen molar-refractivity contribution in [2.75, 3.05) is 7.11 Å². The monoisotopic (exact) mass is 312 g/mol. The van der Waals surface area contributed by atoms with Crippen LogP contribution < -0.4 is 4.74 Å². The van der Waals surface area contributed by atoms with Gasteiger partial charge in [0.2, 0.25) is 0 Å². The molecular formula is C16H12N2O5. The number of pyridine rings is 1. The smallest absolute Gasteiger partial charge is 0.356 e. The lowest BCUT2D eigenvalue weighted by atomic mass is 10.2. The van der Waals surface area contributed by atoms with E-state index >= 15 is 0 Å². The number of fused-ring (bicyclic) bond motifs is 1. The maximum atomic E-state index is 11.5. The number of methoxy groups -OCH3 is 1. The molecule has 7 nitrogen and oxygen atoms in total. The highest BCUT2D eigenvalue weighted by Crippen LogP contribution is 2.27. The van der Waals surface area contributed by atoms with E-state index in [2.05, 4.69) is 4.98 Å². The lowest BCUT2D eigenvalue weighted by Gasteiger charge is -2.06. The molecule has 0 spiro atoms. The van der Waals surface area contributed by atoms with Gasteiger partial charge in [0, 0.05) is 5.56 Å². The molecule has 1 aromatic carbocycles. The highest BCUT2D eigenvalue weighted by molar-refractivity contribution is 5.97. The fourth-order valence-corrected chi connectivity index (χ4v) is 2.42. The van der Waals surface area contributed by atoms with E-state index in [0.717, 1.165) is 0 Å². The largest absolute Gasteiger partial charge is 0.497 e. The lowest BCUT2D eigenvalue weighted by Crippen LogP contribution is -2.06. The summed E-state index contributed by atoms with van der Waals surface area (Å²) in [4.78, 5) is 27.0. The van der Waals surface area contributed by atoms with Crippen LogP contribution in [-0.4, -0.2) is 38.6 Å². The Kier molecular flexibility index (Phi) is 3.46. The third kappa shape index (κ3) is 2.38. The van der Waals surface area contributed by atoms with Crippen molar-refractivity contribution in [2.24, 2.45) is 0 Å². The topological polar surface area (TPSA) is 101 Å². The van der Waals surface area contributed by atoms with Gasteiger partial charge in [0.25, 0.3) is 0 Å². The van der Waals surface area contributed by atoms with Gasteiger partial charge in [0.05, 0.1) is 12.6 Å². The maximum absolute atomic E-state index is 11.5. The molecule has 116 valence electrons. The van der Waals surface area contributed by atoms with Gasteiger partial charge in [-0.3, -0.25) is 4.40 Å². The van der Waals surface area contributed by atoms with Crippen molar-refractivity contribution >= 4 is 17.5 Å². The van der Waals surface area contributed by atoms with Crippen LogP contribution in [0.15, 0.2) is 42.5 Å². The quantitative estimate of drug-likeness (QED) is 0.767. The first-order chi connectivity index (χ1) is 11.0. The molecule has 0 bridgehead atoms. The highest BCUT2D eigenvalue weighted by atomic mass is 16.5. The van der Waals surface area contributed by atoms with Crippen molar-refractivity contribution in [3.05, 3.63) is 53.9 Å². The molecule has 7 heteroatoms. The van der Waals surface area contributed by atoms with E-state index in [1.54, 1.807) is 24.3 Å². The van der Waals surface area contributed by atoms with Crippen molar-refractivity contribution in [1.82, 2.24) is 9.38 Å². The van der Waals surface area contributed by atoms with Crippen molar-refractivity contribution in [3.8, 4) is 17.1 Å². The zero-order valence-electron chi connectivity index (χ0n) is 12.1. The number of carboxylic acids is 2. The van der Waals surface area contributed by atoms with Crippen LogP contribution in [0.25, 0.3) is 16.9 Å². The summed E-state index contributed by atoms with van der Waals surface area (Å²) in [6.07, 6.45) is 0. The molecule has 0 radical (unpaired) electrons.